The van der Waals surface area contributed by atoms with Gasteiger partial charge in [-0.1, -0.05) is 35.3 Å². The molecule has 2 aromatic rings. The molecular formula is C15H11Cl2FN2O. The maximum absolute atomic E-state index is 13.9. The van der Waals surface area contributed by atoms with E-state index in [0.29, 0.717) is 21.4 Å². The first-order chi connectivity index (χ1) is 10.1. The van der Waals surface area contributed by atoms with Gasteiger partial charge in [0.25, 0.3) is 0 Å². The maximum Gasteiger partial charge on any atom is 0.147 e. The van der Waals surface area contributed by atoms with Crippen LogP contribution in [-0.2, 0) is 13.2 Å². The molecule has 2 N–H and O–H groups in total. The number of ether oxygens (including phenoxy) is 1. The first kappa shape index (κ1) is 15.6. The molecule has 0 saturated carbocycles. The molecule has 6 heteroatoms. The summed E-state index contributed by atoms with van der Waals surface area (Å²) in [4.78, 5) is 0. The van der Waals surface area contributed by atoms with Gasteiger partial charge in [0.05, 0.1) is 10.6 Å². The fourth-order valence-electron chi connectivity index (χ4n) is 1.85. The lowest BCUT2D eigenvalue weighted by Crippen LogP contribution is -2.05. The minimum Gasteiger partial charge on any atom is -0.487 e. The molecule has 2 aromatic carbocycles. The zero-order chi connectivity index (χ0) is 15.4. The van der Waals surface area contributed by atoms with Crippen LogP contribution in [0.5, 0.6) is 5.75 Å². The standard InChI is InChI=1S/C15H11Cl2FN2O/c16-12-4-11(7-20)15(13(17)5-12)21-8-10-3-1-2-9(6-19)14(10)18/h1-5H,7-8,20H2. The number of benzene rings is 2. The van der Waals surface area contributed by atoms with E-state index in [-0.39, 0.29) is 24.3 Å². The van der Waals surface area contributed by atoms with Crippen LogP contribution in [0.3, 0.4) is 0 Å². The lowest BCUT2D eigenvalue weighted by molar-refractivity contribution is 0.297. The summed E-state index contributed by atoms with van der Waals surface area (Å²) < 4.78 is 19.5. The third kappa shape index (κ3) is 3.45. The number of nitriles is 1. The van der Waals surface area contributed by atoms with E-state index in [1.807, 2.05) is 0 Å². The van der Waals surface area contributed by atoms with E-state index >= 15 is 0 Å². The van der Waals surface area contributed by atoms with E-state index in [4.69, 9.17) is 38.9 Å². The van der Waals surface area contributed by atoms with Crippen LogP contribution >= 0.6 is 23.2 Å². The first-order valence-electron chi connectivity index (χ1n) is 6.05. The molecule has 2 rings (SSSR count). The van der Waals surface area contributed by atoms with E-state index in [1.54, 1.807) is 24.3 Å². The highest BCUT2D eigenvalue weighted by Gasteiger charge is 2.12. The molecule has 0 heterocycles. The highest BCUT2D eigenvalue weighted by atomic mass is 35.5. The predicted molar refractivity (Wildman–Crippen MR) is 79.8 cm³/mol. The van der Waals surface area contributed by atoms with Gasteiger partial charge in [-0.2, -0.15) is 5.26 Å². The Labute approximate surface area is 131 Å². The normalized spacial score (nSPS) is 10.2. The Morgan fingerprint density at radius 1 is 1.24 bits per heavy atom. The highest BCUT2D eigenvalue weighted by Crippen LogP contribution is 2.33. The molecule has 0 spiro atoms. The Bertz CT molecular complexity index is 714. The summed E-state index contributed by atoms with van der Waals surface area (Å²) in [6.07, 6.45) is 0. The highest BCUT2D eigenvalue weighted by molar-refractivity contribution is 6.35. The molecule has 21 heavy (non-hydrogen) atoms. The number of nitrogens with two attached hydrogens (primary N) is 1. The summed E-state index contributed by atoms with van der Waals surface area (Å²) in [6, 6.07) is 9.49. The lowest BCUT2D eigenvalue weighted by atomic mass is 10.1. The van der Waals surface area contributed by atoms with E-state index in [1.165, 1.54) is 12.1 Å². The molecule has 0 aliphatic heterocycles. The van der Waals surface area contributed by atoms with Crippen molar-refractivity contribution in [3.05, 3.63) is 62.9 Å². The van der Waals surface area contributed by atoms with E-state index in [9.17, 15) is 4.39 Å². The van der Waals surface area contributed by atoms with Gasteiger partial charge in [-0.25, -0.2) is 4.39 Å². The second-order valence-corrected chi connectivity index (χ2v) is 5.10. The van der Waals surface area contributed by atoms with Crippen molar-refractivity contribution in [2.24, 2.45) is 5.73 Å². The van der Waals surface area contributed by atoms with Gasteiger partial charge in [0, 0.05) is 22.7 Å². The zero-order valence-corrected chi connectivity index (χ0v) is 12.4. The SMILES string of the molecule is N#Cc1cccc(COc2c(Cl)cc(Cl)cc2CN)c1F. The fraction of sp³-hybridized carbons (Fsp3) is 0.133. The van der Waals surface area contributed by atoms with E-state index in [2.05, 4.69) is 0 Å². The molecule has 0 aromatic heterocycles. The van der Waals surface area contributed by atoms with E-state index in [0.717, 1.165) is 0 Å². The predicted octanol–water partition coefficient (Wildman–Crippen LogP) is 4.04. The van der Waals surface area contributed by atoms with Gasteiger partial charge in [-0.3, -0.25) is 0 Å². The van der Waals surface area contributed by atoms with Crippen LogP contribution in [0.4, 0.5) is 4.39 Å². The van der Waals surface area contributed by atoms with Crippen molar-refractivity contribution in [1.82, 2.24) is 0 Å². The van der Waals surface area contributed by atoms with Gasteiger partial charge >= 0.3 is 0 Å². The number of halogens is 3. The Morgan fingerprint density at radius 2 is 2.00 bits per heavy atom. The summed E-state index contributed by atoms with van der Waals surface area (Å²) >= 11 is 12.0. The molecule has 0 radical (unpaired) electrons. The number of hydrogen-bond acceptors (Lipinski definition) is 3. The van der Waals surface area contributed by atoms with Gasteiger partial charge in [0.15, 0.2) is 0 Å². The Hall–Kier alpha value is -1.80. The summed E-state index contributed by atoms with van der Waals surface area (Å²) in [6.45, 7) is 0.131. The van der Waals surface area contributed by atoms with Gasteiger partial charge < -0.3 is 10.5 Å². The molecule has 0 aliphatic rings. The summed E-state index contributed by atoms with van der Waals surface area (Å²) in [7, 11) is 0. The van der Waals surface area contributed by atoms with Gasteiger partial charge in [0.1, 0.15) is 24.2 Å². The lowest BCUT2D eigenvalue weighted by Gasteiger charge is -2.13. The quantitative estimate of drug-likeness (QED) is 0.923. The third-order valence-electron chi connectivity index (χ3n) is 2.88. The van der Waals surface area contributed by atoms with Crippen LogP contribution in [0, 0.1) is 17.1 Å². The molecular weight excluding hydrogens is 314 g/mol. The molecule has 0 atom stereocenters. The summed E-state index contributed by atoms with van der Waals surface area (Å²) in [5, 5.41) is 9.56. The van der Waals surface area contributed by atoms with Gasteiger partial charge in [0.2, 0.25) is 0 Å². The Balaban J connectivity index is 2.27. The minimum absolute atomic E-state index is 0.0302. The van der Waals surface area contributed by atoms with Gasteiger partial charge in [-0.05, 0) is 18.2 Å². The molecule has 0 saturated heterocycles. The van der Waals surface area contributed by atoms with Crippen molar-refractivity contribution in [3.63, 3.8) is 0 Å². The Morgan fingerprint density at radius 3 is 2.67 bits per heavy atom. The second-order valence-electron chi connectivity index (χ2n) is 4.26. The van der Waals surface area contributed by atoms with Crippen molar-refractivity contribution in [2.75, 3.05) is 0 Å². The summed E-state index contributed by atoms with van der Waals surface area (Å²) in [5.74, 6) is -0.232. The molecule has 0 fully saturated rings. The molecule has 0 bridgehead atoms. The molecule has 3 nitrogen and oxygen atoms in total. The van der Waals surface area contributed by atoms with Gasteiger partial charge in [-0.15, -0.1) is 0 Å². The van der Waals surface area contributed by atoms with Crippen molar-refractivity contribution < 1.29 is 9.13 Å². The molecule has 0 aliphatic carbocycles. The molecule has 0 amide bonds. The van der Waals surface area contributed by atoms with Crippen molar-refractivity contribution in [3.8, 4) is 11.8 Å². The topological polar surface area (TPSA) is 59.0 Å². The minimum atomic E-state index is -0.598. The molecule has 108 valence electrons. The van der Waals surface area contributed by atoms with Crippen LogP contribution in [0.25, 0.3) is 0 Å². The number of nitrogens with zero attached hydrogens (tertiary/aromatic N) is 1. The van der Waals surface area contributed by atoms with Crippen LogP contribution in [0.2, 0.25) is 10.0 Å². The van der Waals surface area contributed by atoms with Crippen molar-refractivity contribution in [2.45, 2.75) is 13.2 Å². The third-order valence-corrected chi connectivity index (χ3v) is 3.38. The average molecular weight is 325 g/mol. The van der Waals surface area contributed by atoms with Crippen molar-refractivity contribution in [1.29, 1.82) is 5.26 Å². The van der Waals surface area contributed by atoms with Crippen LogP contribution in [0.15, 0.2) is 30.3 Å². The monoisotopic (exact) mass is 324 g/mol. The van der Waals surface area contributed by atoms with Crippen molar-refractivity contribution >= 4 is 23.2 Å². The van der Waals surface area contributed by atoms with Crippen LogP contribution < -0.4 is 10.5 Å². The Kier molecular flexibility index (Phi) is 5.03. The van der Waals surface area contributed by atoms with E-state index < -0.39 is 5.82 Å². The molecule has 0 unspecified atom stereocenters. The van der Waals surface area contributed by atoms with Crippen LogP contribution in [0.1, 0.15) is 16.7 Å². The maximum atomic E-state index is 13.9. The second kappa shape index (κ2) is 6.77. The smallest absolute Gasteiger partial charge is 0.147 e. The van der Waals surface area contributed by atoms with Crippen LogP contribution in [-0.4, -0.2) is 0 Å². The summed E-state index contributed by atoms with van der Waals surface area (Å²) in [5.41, 5.74) is 6.48. The average Bonchev–Trinajstić information content (AvgIpc) is 2.47. The zero-order valence-electron chi connectivity index (χ0n) is 10.9. The largest absolute Gasteiger partial charge is 0.487 e. The number of hydrogen-bond donors (Lipinski definition) is 1. The first-order valence-corrected chi connectivity index (χ1v) is 6.80. The number of rotatable bonds is 4. The fourth-order valence-corrected chi connectivity index (χ4v) is 2.44.